The summed E-state index contributed by atoms with van der Waals surface area (Å²) in [7, 11) is -3.15. The number of fused-ring (bicyclic) bond motifs is 1. The Balaban J connectivity index is 0.000000462. The number of likely N-dealkylation sites (tertiary alicyclic amines) is 1. The summed E-state index contributed by atoms with van der Waals surface area (Å²) in [6.07, 6.45) is 5.85. The number of nitrogens with zero attached hydrogens (tertiary/aromatic N) is 1. The van der Waals surface area contributed by atoms with Crippen molar-refractivity contribution in [2.75, 3.05) is 25.4 Å². The third-order valence-corrected chi connectivity index (χ3v) is 4.69. The van der Waals surface area contributed by atoms with Crippen LogP contribution in [0.1, 0.15) is 26.0 Å². The molecule has 0 radical (unpaired) electrons. The minimum Gasteiger partial charge on any atom is -0.674 e. The van der Waals surface area contributed by atoms with Crippen LogP contribution in [0.25, 0.3) is 5.57 Å². The van der Waals surface area contributed by atoms with Gasteiger partial charge in [0.05, 0.1) is 12.2 Å². The molecule has 1 aromatic rings. The van der Waals surface area contributed by atoms with Crippen LogP contribution < -0.4 is 20.8 Å². The van der Waals surface area contributed by atoms with E-state index in [0.29, 0.717) is 5.92 Å². The number of aliphatic hydroxyl groups is 1. The summed E-state index contributed by atoms with van der Waals surface area (Å²) < 4.78 is 11.3. The Morgan fingerprint density at radius 2 is 2.29 bits per heavy atom. The molecule has 4 atom stereocenters. The number of aliphatic hydroxyl groups excluding tert-OH is 1. The number of allylic oxidation sites excluding steroid dienone is 1. The second-order valence-electron chi connectivity index (χ2n) is 6.03. The fourth-order valence-electron chi connectivity index (χ4n) is 3.36. The van der Waals surface area contributed by atoms with E-state index in [1.807, 2.05) is 6.07 Å². The third kappa shape index (κ3) is 4.57. The van der Waals surface area contributed by atoms with Crippen molar-refractivity contribution < 1.29 is 30.8 Å². The third-order valence-electron chi connectivity index (χ3n) is 4.57. The number of nitrogens with one attached hydrogen (secondary N) is 1. The van der Waals surface area contributed by atoms with Gasteiger partial charge in [0.1, 0.15) is 19.2 Å². The SMILES string of the molecule is CC[C@H]1C[NH+](CC2=CCc3c(N)ccnc32)C[C@@H]1O.O=[P+]([O-])O[O-].[HH]. The molecule has 1 aromatic heterocycles. The molecule has 2 heterocycles. The topological polar surface area (TPSA) is 136 Å². The molecule has 1 saturated heterocycles. The number of nitrogens with two attached hydrogens (primary N) is 1. The van der Waals surface area contributed by atoms with Crippen LogP contribution in [0.4, 0.5) is 5.69 Å². The van der Waals surface area contributed by atoms with Crippen LogP contribution in [-0.2, 0) is 15.7 Å². The molecule has 8 nitrogen and oxygen atoms in total. The number of nitrogen functional groups attached to an aromatic ring is 1. The highest BCUT2D eigenvalue weighted by molar-refractivity contribution is 7.30. The summed E-state index contributed by atoms with van der Waals surface area (Å²) in [4.78, 5) is 14.8. The number of anilines is 1. The number of hydrogen-bond donors (Lipinski definition) is 3. The van der Waals surface area contributed by atoms with Gasteiger partial charge in [0.25, 0.3) is 0 Å². The van der Waals surface area contributed by atoms with Crippen LogP contribution in [0.15, 0.2) is 18.3 Å². The van der Waals surface area contributed by atoms with E-state index in [0.717, 1.165) is 43.9 Å². The van der Waals surface area contributed by atoms with E-state index >= 15 is 0 Å². The monoisotopic (exact) mass is 357 g/mol. The molecule has 0 saturated carbocycles. The van der Waals surface area contributed by atoms with Gasteiger partial charge < -0.3 is 25.9 Å². The highest BCUT2D eigenvalue weighted by atomic mass is 31.1. The molecule has 3 rings (SSSR count). The predicted octanol–water partition coefficient (Wildman–Crippen LogP) is -1.57. The Morgan fingerprint density at radius 1 is 1.58 bits per heavy atom. The maximum absolute atomic E-state index is 10.00. The van der Waals surface area contributed by atoms with Gasteiger partial charge in [-0.1, -0.05) is 13.0 Å². The van der Waals surface area contributed by atoms with E-state index in [4.69, 9.17) is 20.4 Å². The molecule has 2 unspecified atom stereocenters. The summed E-state index contributed by atoms with van der Waals surface area (Å²) in [5, 5.41) is 18.5. The molecular formula is C15H24N3O5P. The molecule has 0 aromatic carbocycles. The van der Waals surface area contributed by atoms with Crippen molar-refractivity contribution in [3.05, 3.63) is 29.6 Å². The Morgan fingerprint density at radius 3 is 2.88 bits per heavy atom. The highest BCUT2D eigenvalue weighted by Crippen LogP contribution is 2.28. The molecule has 0 bridgehead atoms. The normalized spacial score (nSPS) is 25.6. The molecule has 134 valence electrons. The van der Waals surface area contributed by atoms with Crippen LogP contribution in [-0.4, -0.2) is 35.8 Å². The first-order valence-corrected chi connectivity index (χ1v) is 8.94. The largest absolute Gasteiger partial charge is 0.674 e. The zero-order chi connectivity index (χ0) is 17.7. The van der Waals surface area contributed by atoms with Gasteiger partial charge in [-0.05, 0) is 23.5 Å². The van der Waals surface area contributed by atoms with Crippen molar-refractivity contribution in [2.24, 2.45) is 5.92 Å². The number of aromatic nitrogens is 1. The van der Waals surface area contributed by atoms with Gasteiger partial charge in [0, 0.05) is 30.4 Å². The summed E-state index contributed by atoms with van der Waals surface area (Å²) in [6.45, 7) is 5.03. The molecule has 9 heteroatoms. The summed E-state index contributed by atoms with van der Waals surface area (Å²) in [5.41, 5.74) is 10.4. The van der Waals surface area contributed by atoms with Gasteiger partial charge >= 0.3 is 8.25 Å². The van der Waals surface area contributed by atoms with Gasteiger partial charge in [0.2, 0.25) is 0 Å². The molecule has 1 aliphatic carbocycles. The zero-order valence-corrected chi connectivity index (χ0v) is 14.4. The van der Waals surface area contributed by atoms with Crippen molar-refractivity contribution in [3.63, 3.8) is 0 Å². The number of hydrogen-bond acceptors (Lipinski definition) is 7. The van der Waals surface area contributed by atoms with Crippen molar-refractivity contribution in [1.82, 2.24) is 4.98 Å². The first-order chi connectivity index (χ1) is 11.5. The molecular weight excluding hydrogens is 333 g/mol. The van der Waals surface area contributed by atoms with Crippen molar-refractivity contribution in [1.29, 1.82) is 0 Å². The van der Waals surface area contributed by atoms with E-state index in [2.05, 4.69) is 22.7 Å². The van der Waals surface area contributed by atoms with E-state index in [1.54, 1.807) is 6.20 Å². The molecule has 1 aliphatic heterocycles. The highest BCUT2D eigenvalue weighted by Gasteiger charge is 2.34. The molecule has 4 N–H and O–H groups in total. The molecule has 0 spiro atoms. The van der Waals surface area contributed by atoms with Crippen molar-refractivity contribution >= 4 is 19.5 Å². The smallest absolute Gasteiger partial charge is 0.479 e. The first-order valence-electron chi connectivity index (χ1n) is 7.84. The summed E-state index contributed by atoms with van der Waals surface area (Å²) >= 11 is 0. The van der Waals surface area contributed by atoms with E-state index in [9.17, 15) is 5.11 Å². The van der Waals surface area contributed by atoms with Crippen molar-refractivity contribution in [2.45, 2.75) is 25.9 Å². The van der Waals surface area contributed by atoms with Gasteiger partial charge in [-0.2, -0.15) is 0 Å². The zero-order valence-electron chi connectivity index (χ0n) is 13.5. The maximum atomic E-state index is 10.00. The number of pyridine rings is 1. The first kappa shape index (κ1) is 18.9. The van der Waals surface area contributed by atoms with Gasteiger partial charge in [-0.3, -0.25) is 4.98 Å². The lowest BCUT2D eigenvalue weighted by Gasteiger charge is -2.14. The lowest BCUT2D eigenvalue weighted by atomic mass is 10.0. The van der Waals surface area contributed by atoms with Crippen LogP contribution in [0.5, 0.6) is 0 Å². The Bertz CT molecular complexity index is 631. The van der Waals surface area contributed by atoms with Crippen LogP contribution >= 0.6 is 8.25 Å². The van der Waals surface area contributed by atoms with E-state index in [-0.39, 0.29) is 7.53 Å². The second kappa shape index (κ2) is 8.62. The number of rotatable bonds is 4. The lowest BCUT2D eigenvalue weighted by Crippen LogP contribution is -3.10. The Kier molecular flexibility index (Phi) is 6.79. The second-order valence-corrected chi connectivity index (χ2v) is 6.63. The van der Waals surface area contributed by atoms with Crippen LogP contribution in [0.3, 0.4) is 0 Å². The average Bonchev–Trinajstić information content (AvgIpc) is 3.13. The Labute approximate surface area is 142 Å². The quantitative estimate of drug-likeness (QED) is 0.336. The summed E-state index contributed by atoms with van der Waals surface area (Å²) in [6, 6.07) is 1.87. The van der Waals surface area contributed by atoms with E-state index < -0.39 is 8.25 Å². The fraction of sp³-hybridized carbons (Fsp3) is 0.533. The van der Waals surface area contributed by atoms with Gasteiger partial charge in [-0.15, -0.1) is 0 Å². The molecule has 1 fully saturated rings. The average molecular weight is 357 g/mol. The lowest BCUT2D eigenvalue weighted by molar-refractivity contribution is -0.882. The minimum absolute atomic E-state index is 0. The van der Waals surface area contributed by atoms with E-state index in [1.165, 1.54) is 16.0 Å². The van der Waals surface area contributed by atoms with Crippen molar-refractivity contribution in [3.8, 4) is 0 Å². The van der Waals surface area contributed by atoms with Gasteiger partial charge in [-0.25, -0.2) is 4.67 Å². The minimum atomic E-state index is -3.15. The van der Waals surface area contributed by atoms with Crippen LogP contribution in [0, 0.1) is 5.92 Å². The molecule has 0 amide bonds. The predicted molar refractivity (Wildman–Crippen MR) is 86.5 cm³/mol. The Hall–Kier alpha value is -1.41. The van der Waals surface area contributed by atoms with Gasteiger partial charge in [0.15, 0.2) is 0 Å². The standard InChI is InChI=1S/C15H21N3O.HO4P.H2/c1-2-10-7-18(9-14(10)19)8-11-3-4-12-13(16)5-6-17-15(11)12;1-4-5(2)3;/h3,5-6,10,14,19H,2,4,7-9H2,1H3,(H2,16,17);1H;1H/t10-,14-;;/m0../s1. The summed E-state index contributed by atoms with van der Waals surface area (Å²) in [5.74, 6) is 0.449. The van der Waals surface area contributed by atoms with Crippen LogP contribution in [0.2, 0.25) is 0 Å². The number of quaternary nitrogens is 1. The fourth-order valence-corrected chi connectivity index (χ4v) is 3.36. The molecule has 2 aliphatic rings. The maximum Gasteiger partial charge on any atom is 0.479 e. The molecule has 24 heavy (non-hydrogen) atoms.